The van der Waals surface area contributed by atoms with E-state index in [1.54, 1.807) is 22.3 Å². The number of para-hydroxylation sites is 1. The van der Waals surface area contributed by atoms with Crippen LogP contribution in [0, 0.1) is 0 Å². The van der Waals surface area contributed by atoms with E-state index >= 15 is 0 Å². The maximum Gasteiger partial charge on any atom is 0.220 e. The molecule has 1 fully saturated rings. The van der Waals surface area contributed by atoms with Gasteiger partial charge in [0.05, 0.1) is 18.4 Å². The third kappa shape index (κ3) is 4.89. The zero-order valence-corrected chi connectivity index (χ0v) is 16.8. The molecular formula is C21H23N5O2S. The molecule has 1 atom stereocenters. The number of rotatable bonds is 8. The van der Waals surface area contributed by atoms with Gasteiger partial charge < -0.3 is 10.6 Å². The fourth-order valence-corrected chi connectivity index (χ4v) is 4.47. The van der Waals surface area contributed by atoms with Crippen molar-refractivity contribution in [2.24, 2.45) is 0 Å². The molecule has 8 heteroatoms. The van der Waals surface area contributed by atoms with Crippen LogP contribution in [0.4, 0.5) is 0 Å². The first-order valence-corrected chi connectivity index (χ1v) is 10.6. The van der Waals surface area contributed by atoms with E-state index in [0.29, 0.717) is 31.5 Å². The van der Waals surface area contributed by atoms with Crippen molar-refractivity contribution in [1.29, 1.82) is 0 Å². The van der Waals surface area contributed by atoms with Crippen LogP contribution in [0.15, 0.2) is 54.0 Å². The SMILES string of the molecule is O=C(CCC1(Cc2cccs2)CCC(=O)N1)NCc1cnn(-c2ccccc2)n1. The molecule has 0 aliphatic carbocycles. The van der Waals surface area contributed by atoms with Gasteiger partial charge in [0.2, 0.25) is 11.8 Å². The van der Waals surface area contributed by atoms with Crippen molar-refractivity contribution in [1.82, 2.24) is 25.6 Å². The lowest BCUT2D eigenvalue weighted by Crippen LogP contribution is -2.44. The normalized spacial score (nSPS) is 18.6. The van der Waals surface area contributed by atoms with Crippen LogP contribution >= 0.6 is 11.3 Å². The number of nitrogens with one attached hydrogen (secondary N) is 2. The lowest BCUT2D eigenvalue weighted by molar-refractivity contribution is -0.122. The third-order valence-electron chi connectivity index (χ3n) is 5.15. The Labute approximate surface area is 173 Å². The van der Waals surface area contributed by atoms with Crippen molar-refractivity contribution in [3.8, 4) is 5.69 Å². The van der Waals surface area contributed by atoms with Crippen molar-refractivity contribution in [2.45, 2.75) is 44.2 Å². The fraction of sp³-hybridized carbons (Fsp3) is 0.333. The second kappa shape index (κ2) is 8.57. The lowest BCUT2D eigenvalue weighted by atomic mass is 9.87. The van der Waals surface area contributed by atoms with Crippen LogP contribution in [0.3, 0.4) is 0 Å². The molecule has 0 radical (unpaired) electrons. The predicted molar refractivity (Wildman–Crippen MR) is 111 cm³/mol. The van der Waals surface area contributed by atoms with E-state index in [9.17, 15) is 9.59 Å². The summed E-state index contributed by atoms with van der Waals surface area (Å²) in [5.74, 6) is 0.0189. The van der Waals surface area contributed by atoms with E-state index in [2.05, 4.69) is 26.9 Å². The fourth-order valence-electron chi connectivity index (χ4n) is 3.62. The summed E-state index contributed by atoms with van der Waals surface area (Å²) in [6, 6.07) is 13.7. The van der Waals surface area contributed by atoms with Gasteiger partial charge in [0.25, 0.3) is 0 Å². The van der Waals surface area contributed by atoms with Crippen LogP contribution in [0.2, 0.25) is 0 Å². The van der Waals surface area contributed by atoms with E-state index in [1.807, 2.05) is 41.8 Å². The lowest BCUT2D eigenvalue weighted by Gasteiger charge is -2.28. The number of hydrogen-bond donors (Lipinski definition) is 2. The molecule has 0 saturated carbocycles. The van der Waals surface area contributed by atoms with Crippen LogP contribution in [-0.4, -0.2) is 32.3 Å². The molecule has 0 bridgehead atoms. The maximum atomic E-state index is 12.4. The average Bonchev–Trinajstić information content (AvgIpc) is 3.48. The molecule has 3 aromatic rings. The van der Waals surface area contributed by atoms with Gasteiger partial charge in [-0.15, -0.1) is 11.3 Å². The summed E-state index contributed by atoms with van der Waals surface area (Å²) in [6.07, 6.45) is 4.70. The molecule has 3 heterocycles. The smallest absolute Gasteiger partial charge is 0.220 e. The number of amides is 2. The Morgan fingerprint density at radius 3 is 2.83 bits per heavy atom. The van der Waals surface area contributed by atoms with E-state index in [-0.39, 0.29) is 17.4 Å². The molecule has 2 N–H and O–H groups in total. The van der Waals surface area contributed by atoms with Gasteiger partial charge in [-0.2, -0.15) is 15.0 Å². The van der Waals surface area contributed by atoms with Crippen LogP contribution in [0.5, 0.6) is 0 Å². The number of benzene rings is 1. The average molecular weight is 410 g/mol. The van der Waals surface area contributed by atoms with Gasteiger partial charge >= 0.3 is 0 Å². The molecule has 150 valence electrons. The summed E-state index contributed by atoms with van der Waals surface area (Å²) >= 11 is 1.68. The van der Waals surface area contributed by atoms with Crippen molar-refractivity contribution >= 4 is 23.2 Å². The molecule has 1 aliphatic rings. The highest BCUT2D eigenvalue weighted by molar-refractivity contribution is 7.09. The van der Waals surface area contributed by atoms with Crippen molar-refractivity contribution < 1.29 is 9.59 Å². The number of hydrogen-bond acceptors (Lipinski definition) is 5. The van der Waals surface area contributed by atoms with Gasteiger partial charge in [-0.05, 0) is 36.4 Å². The van der Waals surface area contributed by atoms with E-state index in [0.717, 1.165) is 18.5 Å². The summed E-state index contributed by atoms with van der Waals surface area (Å²) in [7, 11) is 0. The van der Waals surface area contributed by atoms with E-state index in [1.165, 1.54) is 4.88 Å². The zero-order valence-electron chi connectivity index (χ0n) is 16.0. The number of carbonyl (C=O) groups excluding carboxylic acids is 2. The van der Waals surface area contributed by atoms with Crippen molar-refractivity contribution in [2.75, 3.05) is 0 Å². The van der Waals surface area contributed by atoms with Gasteiger partial charge in [0.15, 0.2) is 0 Å². The van der Waals surface area contributed by atoms with Crippen LogP contribution < -0.4 is 10.6 Å². The second-order valence-electron chi connectivity index (χ2n) is 7.32. The van der Waals surface area contributed by atoms with Gasteiger partial charge in [-0.1, -0.05) is 24.3 Å². The Morgan fingerprint density at radius 1 is 1.24 bits per heavy atom. The van der Waals surface area contributed by atoms with Gasteiger partial charge in [-0.25, -0.2) is 0 Å². The molecule has 2 aromatic heterocycles. The van der Waals surface area contributed by atoms with Crippen LogP contribution in [0.1, 0.15) is 36.3 Å². The minimum atomic E-state index is -0.324. The second-order valence-corrected chi connectivity index (χ2v) is 8.35. The molecule has 4 rings (SSSR count). The Hall–Kier alpha value is -3.00. The summed E-state index contributed by atoms with van der Waals surface area (Å²) in [6.45, 7) is 0.329. The molecule has 0 spiro atoms. The minimum absolute atomic E-state index is 0.0500. The van der Waals surface area contributed by atoms with Gasteiger partial charge in [-0.3, -0.25) is 9.59 Å². The van der Waals surface area contributed by atoms with Crippen LogP contribution in [0.25, 0.3) is 5.69 Å². The zero-order chi connectivity index (χ0) is 20.1. The standard InChI is InChI=1S/C21H23N5O2S/c27-19(22-14-16-15-23-26(25-16)17-5-2-1-3-6-17)8-10-21(11-9-20(28)24-21)13-18-7-4-12-29-18/h1-7,12,15H,8-11,13-14H2,(H,22,27)(H,24,28). The monoisotopic (exact) mass is 409 g/mol. The van der Waals surface area contributed by atoms with Gasteiger partial charge in [0, 0.05) is 29.7 Å². The summed E-state index contributed by atoms with van der Waals surface area (Å²) in [5.41, 5.74) is 1.25. The first-order valence-electron chi connectivity index (χ1n) is 9.69. The molecule has 2 amide bonds. The van der Waals surface area contributed by atoms with Crippen LogP contribution in [-0.2, 0) is 22.6 Å². The highest BCUT2D eigenvalue weighted by Crippen LogP contribution is 2.30. The first-order chi connectivity index (χ1) is 14.1. The molecule has 1 aromatic carbocycles. The first kappa shape index (κ1) is 19.3. The van der Waals surface area contributed by atoms with Crippen molar-refractivity contribution in [3.63, 3.8) is 0 Å². The summed E-state index contributed by atoms with van der Waals surface area (Å²) in [5, 5.41) is 16.7. The Bertz CT molecular complexity index is 970. The Kier molecular flexibility index (Phi) is 5.71. The highest BCUT2D eigenvalue weighted by Gasteiger charge is 2.38. The van der Waals surface area contributed by atoms with E-state index in [4.69, 9.17) is 0 Å². The number of aromatic nitrogens is 3. The molecule has 1 saturated heterocycles. The Morgan fingerprint density at radius 2 is 2.10 bits per heavy atom. The van der Waals surface area contributed by atoms with E-state index < -0.39 is 0 Å². The summed E-state index contributed by atoms with van der Waals surface area (Å²) < 4.78 is 0. The largest absolute Gasteiger partial charge is 0.350 e. The number of carbonyl (C=O) groups is 2. The molecular weight excluding hydrogens is 386 g/mol. The summed E-state index contributed by atoms with van der Waals surface area (Å²) in [4.78, 5) is 27.0. The number of nitrogens with zero attached hydrogens (tertiary/aromatic N) is 3. The predicted octanol–water partition coefficient (Wildman–Crippen LogP) is 2.62. The Balaban J connectivity index is 1.30. The molecule has 7 nitrogen and oxygen atoms in total. The minimum Gasteiger partial charge on any atom is -0.350 e. The topological polar surface area (TPSA) is 88.9 Å². The van der Waals surface area contributed by atoms with Gasteiger partial charge in [0.1, 0.15) is 5.69 Å². The maximum absolute atomic E-state index is 12.4. The quantitative estimate of drug-likeness (QED) is 0.599. The molecule has 29 heavy (non-hydrogen) atoms. The third-order valence-corrected chi connectivity index (χ3v) is 6.03. The number of thiophene rings is 1. The van der Waals surface area contributed by atoms with Crippen molar-refractivity contribution in [3.05, 3.63) is 64.6 Å². The molecule has 1 aliphatic heterocycles. The molecule has 1 unspecified atom stereocenters. The highest BCUT2D eigenvalue weighted by atomic mass is 32.1.